The summed E-state index contributed by atoms with van der Waals surface area (Å²) in [6.07, 6.45) is 1.16. The maximum Gasteiger partial charge on any atom is 0.387 e. The third kappa shape index (κ3) is 7.29. The first kappa shape index (κ1) is 35.9. The van der Waals surface area contributed by atoms with Crippen LogP contribution >= 0.6 is 0 Å². The summed E-state index contributed by atoms with van der Waals surface area (Å²) in [5.74, 6) is -0.451. The van der Waals surface area contributed by atoms with Crippen molar-refractivity contribution in [1.82, 2.24) is 19.8 Å². The number of nitrogens with zero attached hydrogens (tertiary/aromatic N) is 4. The van der Waals surface area contributed by atoms with Gasteiger partial charge in [-0.25, -0.2) is 9.97 Å². The predicted molar refractivity (Wildman–Crippen MR) is 189 cm³/mol. The lowest BCUT2D eigenvalue weighted by atomic mass is 9.91. The number of hydrogen-bond donors (Lipinski definition) is 1. The second-order valence-electron chi connectivity index (χ2n) is 13.3. The molecule has 1 aliphatic heterocycles. The number of aliphatic carboxylic acids is 1. The Morgan fingerprint density at radius 2 is 1.32 bits per heavy atom. The summed E-state index contributed by atoms with van der Waals surface area (Å²) in [7, 11) is 3.65. The van der Waals surface area contributed by atoms with Gasteiger partial charge in [-0.2, -0.15) is 17.6 Å². The van der Waals surface area contributed by atoms with E-state index in [2.05, 4.69) is 0 Å². The summed E-state index contributed by atoms with van der Waals surface area (Å²) in [5, 5.41) is 9.64. The zero-order chi connectivity index (χ0) is 37.6. The molecule has 0 unspecified atom stereocenters. The lowest BCUT2D eigenvalue weighted by Crippen LogP contribution is -2.35. The van der Waals surface area contributed by atoms with Crippen LogP contribution < -0.4 is 9.47 Å². The number of fused-ring (bicyclic) bond motifs is 2. The van der Waals surface area contributed by atoms with Gasteiger partial charge in [-0.1, -0.05) is 24.3 Å². The van der Waals surface area contributed by atoms with Crippen molar-refractivity contribution in [3.8, 4) is 45.5 Å². The molecule has 3 heterocycles. The molecule has 1 aliphatic rings. The van der Waals surface area contributed by atoms with E-state index in [1.54, 1.807) is 17.0 Å². The Labute approximate surface area is 301 Å². The Hall–Kier alpha value is -5.47. The van der Waals surface area contributed by atoms with Gasteiger partial charge in [0.1, 0.15) is 28.6 Å². The minimum absolute atomic E-state index is 0.0217. The van der Waals surface area contributed by atoms with E-state index in [-0.39, 0.29) is 29.5 Å². The van der Waals surface area contributed by atoms with Gasteiger partial charge in [0.25, 0.3) is 0 Å². The van der Waals surface area contributed by atoms with E-state index in [1.807, 2.05) is 69.2 Å². The molecule has 14 heteroatoms. The highest BCUT2D eigenvalue weighted by Gasteiger charge is 2.31. The lowest BCUT2D eigenvalue weighted by molar-refractivity contribution is -0.142. The average Bonchev–Trinajstić information content (AvgIpc) is 3.83. The molecule has 0 aliphatic carbocycles. The van der Waals surface area contributed by atoms with Gasteiger partial charge in [-0.3, -0.25) is 9.69 Å². The van der Waals surface area contributed by atoms with Crippen molar-refractivity contribution in [2.45, 2.75) is 59.0 Å². The van der Waals surface area contributed by atoms with Gasteiger partial charge in [-0.05, 0) is 93.8 Å². The van der Waals surface area contributed by atoms with E-state index in [0.717, 1.165) is 22.3 Å². The summed E-state index contributed by atoms with van der Waals surface area (Å²) in [6.45, 7) is -1.24. The Balaban J connectivity index is 1.24. The Morgan fingerprint density at radius 3 is 1.81 bits per heavy atom. The van der Waals surface area contributed by atoms with Crippen molar-refractivity contribution in [2.75, 3.05) is 20.6 Å². The topological polar surface area (TPSA) is 114 Å². The maximum atomic E-state index is 13.5. The van der Waals surface area contributed by atoms with Gasteiger partial charge in [0.05, 0.1) is 0 Å². The Bertz CT molecular complexity index is 2270. The molecule has 0 radical (unpaired) electrons. The van der Waals surface area contributed by atoms with Gasteiger partial charge < -0.3 is 28.3 Å². The number of halogens is 4. The first-order valence-corrected chi connectivity index (χ1v) is 16.9. The predicted octanol–water partition coefficient (Wildman–Crippen LogP) is 8.90. The third-order valence-corrected chi connectivity index (χ3v) is 9.50. The molecular formula is C39H36F4N4O6. The van der Waals surface area contributed by atoms with Gasteiger partial charge in [0.15, 0.2) is 11.2 Å². The lowest BCUT2D eigenvalue weighted by Gasteiger charge is -2.22. The van der Waals surface area contributed by atoms with E-state index >= 15 is 0 Å². The zero-order valence-electron chi connectivity index (χ0n) is 29.3. The zero-order valence-corrected chi connectivity index (χ0v) is 29.3. The van der Waals surface area contributed by atoms with Crippen molar-refractivity contribution >= 4 is 28.2 Å². The molecule has 1 N–H and O–H groups in total. The Kier molecular flexibility index (Phi) is 9.83. The fourth-order valence-electron chi connectivity index (χ4n) is 7.06. The molecule has 0 saturated carbocycles. The van der Waals surface area contributed by atoms with Crippen LogP contribution in [0, 0.1) is 13.8 Å². The number of likely N-dealkylation sites (tertiary alicyclic amines) is 1. The van der Waals surface area contributed by atoms with Crippen molar-refractivity contribution in [3.05, 3.63) is 82.9 Å². The minimum atomic E-state index is -3.09. The van der Waals surface area contributed by atoms with Crippen molar-refractivity contribution in [1.29, 1.82) is 0 Å². The highest BCUT2D eigenvalue weighted by molar-refractivity contribution is 5.85. The van der Waals surface area contributed by atoms with E-state index in [0.29, 0.717) is 70.7 Å². The van der Waals surface area contributed by atoms with Crippen molar-refractivity contribution in [2.24, 2.45) is 0 Å². The van der Waals surface area contributed by atoms with Gasteiger partial charge in [-0.15, -0.1) is 0 Å². The molecular weight excluding hydrogens is 696 g/mol. The molecule has 4 aromatic carbocycles. The largest absolute Gasteiger partial charge is 0.480 e. The van der Waals surface area contributed by atoms with Crippen molar-refractivity contribution in [3.63, 3.8) is 0 Å². The number of carboxylic acid groups (broad SMARTS) is 1. The molecule has 0 amide bonds. The van der Waals surface area contributed by atoms with Gasteiger partial charge >= 0.3 is 19.2 Å². The van der Waals surface area contributed by atoms with Crippen LogP contribution in [0.25, 0.3) is 56.2 Å². The third-order valence-electron chi connectivity index (χ3n) is 9.50. The number of rotatable bonds is 12. The molecule has 2 aromatic heterocycles. The molecule has 1 saturated heterocycles. The summed E-state index contributed by atoms with van der Waals surface area (Å²) in [5.41, 5.74) is 7.23. The van der Waals surface area contributed by atoms with Crippen LogP contribution in [0.2, 0.25) is 0 Å². The first-order valence-electron chi connectivity index (χ1n) is 16.9. The fraction of sp³-hybridized carbons (Fsp3) is 0.308. The quantitative estimate of drug-likeness (QED) is 0.122. The normalized spacial score (nSPS) is 15.1. The molecule has 7 rings (SSSR count). The maximum absolute atomic E-state index is 13.5. The molecule has 0 spiro atoms. The van der Waals surface area contributed by atoms with Gasteiger partial charge in [0.2, 0.25) is 11.8 Å². The molecule has 53 heavy (non-hydrogen) atoms. The van der Waals surface area contributed by atoms with Crippen LogP contribution in [0.4, 0.5) is 17.6 Å². The van der Waals surface area contributed by atoms with Crippen molar-refractivity contribution < 1.29 is 45.8 Å². The van der Waals surface area contributed by atoms with Crippen LogP contribution in [0.3, 0.4) is 0 Å². The van der Waals surface area contributed by atoms with E-state index < -0.39 is 25.2 Å². The molecule has 0 bridgehead atoms. The van der Waals surface area contributed by atoms with Crippen LogP contribution in [-0.4, -0.2) is 70.7 Å². The van der Waals surface area contributed by atoms with E-state index in [9.17, 15) is 27.5 Å². The number of alkyl halides is 4. The number of oxazole rings is 2. The van der Waals surface area contributed by atoms with Crippen LogP contribution in [0.1, 0.15) is 35.1 Å². The SMILES string of the molecule is Cc1c(-c2nc3cc(CN(C)C)c(OC(F)F)cc3o2)cccc1-c1cccc(-c2nc3cc(CN4CCC[C@H]4C(=O)O)c(OC(F)F)cc3o2)c1C. The summed E-state index contributed by atoms with van der Waals surface area (Å²) < 4.78 is 75.3. The monoisotopic (exact) mass is 732 g/mol. The molecule has 10 nitrogen and oxygen atoms in total. The highest BCUT2D eigenvalue weighted by Crippen LogP contribution is 2.40. The smallest absolute Gasteiger partial charge is 0.387 e. The summed E-state index contributed by atoms with van der Waals surface area (Å²) in [4.78, 5) is 24.8. The van der Waals surface area contributed by atoms with E-state index in [4.69, 9.17) is 28.3 Å². The fourth-order valence-corrected chi connectivity index (χ4v) is 7.06. The van der Waals surface area contributed by atoms with Crippen LogP contribution in [-0.2, 0) is 17.9 Å². The summed E-state index contributed by atoms with van der Waals surface area (Å²) in [6, 6.07) is 16.8. The number of hydrogen-bond acceptors (Lipinski definition) is 9. The average molecular weight is 733 g/mol. The summed E-state index contributed by atoms with van der Waals surface area (Å²) >= 11 is 0. The number of ether oxygens (including phenoxy) is 2. The Morgan fingerprint density at radius 1 is 0.830 bits per heavy atom. The first-order chi connectivity index (χ1) is 25.4. The minimum Gasteiger partial charge on any atom is -0.480 e. The van der Waals surface area contributed by atoms with E-state index in [1.165, 1.54) is 12.1 Å². The molecule has 1 fully saturated rings. The van der Waals surface area contributed by atoms with Gasteiger partial charge in [0, 0.05) is 47.5 Å². The standard InChI is InChI=1S/C39H36F4N4O6/c1-20-24(8-5-10-26(20)35-44-28-14-22(18-46(3)4)31(52-38(40)41)16-33(28)50-35)25-9-6-11-27(21(25)2)36-45-29-15-23(19-47-13-7-12-30(47)37(48)49)32(53-39(42)43)17-34(29)51-36/h5-6,8-11,14-17,30,38-39H,7,12-13,18-19H2,1-4H3,(H,48,49)/t30-/m0/s1. The molecule has 1 atom stereocenters. The molecule has 276 valence electrons. The van der Waals surface area contributed by atoms with Crippen LogP contribution in [0.15, 0.2) is 69.5 Å². The second kappa shape index (κ2) is 14.5. The number of aromatic nitrogens is 2. The highest BCUT2D eigenvalue weighted by atomic mass is 19.3. The number of benzene rings is 4. The molecule has 6 aromatic rings. The number of carboxylic acids is 1. The number of carbonyl (C=O) groups is 1. The second-order valence-corrected chi connectivity index (χ2v) is 13.3. The van der Waals surface area contributed by atoms with Crippen LogP contribution in [0.5, 0.6) is 11.5 Å².